The number of carbonyl (C=O) groups is 1. The van der Waals surface area contributed by atoms with Gasteiger partial charge in [-0.1, -0.05) is 0 Å². The number of amides is 1. The number of aryl methyl sites for hydroxylation is 1. The summed E-state index contributed by atoms with van der Waals surface area (Å²) in [6, 6.07) is 16.3. The number of aromatic nitrogens is 3. The van der Waals surface area contributed by atoms with Crippen LogP contribution in [0.3, 0.4) is 0 Å². The topological polar surface area (TPSA) is 69.0 Å². The number of pyridine rings is 1. The fourth-order valence-electron chi connectivity index (χ4n) is 2.62. The highest BCUT2D eigenvalue weighted by Gasteiger charge is 2.06. The second kappa shape index (κ2) is 6.68. The van der Waals surface area contributed by atoms with E-state index in [1.54, 1.807) is 43.0 Å². The molecule has 2 heterocycles. The summed E-state index contributed by atoms with van der Waals surface area (Å²) in [5, 5.41) is 2.84. The molecule has 0 radical (unpaired) electrons. The molecule has 6 nitrogen and oxygen atoms in total. The quantitative estimate of drug-likeness (QED) is 0.607. The van der Waals surface area contributed by atoms with Crippen LogP contribution in [0.15, 0.2) is 73.3 Å². The molecular weight excluding hydrogens is 328 g/mol. The number of nitrogens with zero attached hydrogens (tertiary/aromatic N) is 3. The molecule has 26 heavy (non-hydrogen) atoms. The standard InChI is InChI=1S/C20H16N4O2/c1-24-13-22-18-7-6-17(12-19(18)24)26-16-4-2-15(3-5-16)23-20(25)14-8-10-21-11-9-14/h2-13H,1H3,(H,23,25). The molecule has 4 aromatic rings. The zero-order valence-electron chi connectivity index (χ0n) is 14.1. The van der Waals surface area contributed by atoms with Crippen LogP contribution >= 0.6 is 0 Å². The van der Waals surface area contributed by atoms with E-state index in [2.05, 4.69) is 15.3 Å². The van der Waals surface area contributed by atoms with Crippen molar-refractivity contribution in [3.8, 4) is 11.5 Å². The smallest absolute Gasteiger partial charge is 0.255 e. The minimum atomic E-state index is -0.178. The first kappa shape index (κ1) is 15.8. The van der Waals surface area contributed by atoms with E-state index >= 15 is 0 Å². The Labute approximate surface area is 150 Å². The van der Waals surface area contributed by atoms with Crippen LogP contribution in [0.2, 0.25) is 0 Å². The van der Waals surface area contributed by atoms with Gasteiger partial charge in [-0.15, -0.1) is 0 Å². The average Bonchev–Trinajstić information content (AvgIpc) is 3.04. The summed E-state index contributed by atoms with van der Waals surface area (Å²) in [7, 11) is 1.94. The lowest BCUT2D eigenvalue weighted by molar-refractivity contribution is 0.102. The van der Waals surface area contributed by atoms with Gasteiger partial charge in [0.25, 0.3) is 5.91 Å². The zero-order valence-corrected chi connectivity index (χ0v) is 14.1. The van der Waals surface area contributed by atoms with Crippen LogP contribution in [0.4, 0.5) is 5.69 Å². The summed E-state index contributed by atoms with van der Waals surface area (Å²) in [4.78, 5) is 20.3. The molecule has 0 saturated heterocycles. The molecule has 0 atom stereocenters. The molecule has 0 saturated carbocycles. The van der Waals surface area contributed by atoms with Crippen molar-refractivity contribution in [1.82, 2.24) is 14.5 Å². The summed E-state index contributed by atoms with van der Waals surface area (Å²) in [6.07, 6.45) is 4.95. The molecule has 0 aliphatic rings. The molecule has 2 aromatic carbocycles. The predicted molar refractivity (Wildman–Crippen MR) is 99.4 cm³/mol. The number of imidazole rings is 1. The van der Waals surface area contributed by atoms with Crippen LogP contribution in [-0.2, 0) is 7.05 Å². The molecule has 6 heteroatoms. The van der Waals surface area contributed by atoms with Gasteiger partial charge >= 0.3 is 0 Å². The van der Waals surface area contributed by atoms with Gasteiger partial charge in [0, 0.05) is 36.8 Å². The molecular formula is C20H16N4O2. The summed E-state index contributed by atoms with van der Waals surface area (Å²) in [5.74, 6) is 1.24. The van der Waals surface area contributed by atoms with Crippen molar-refractivity contribution in [2.75, 3.05) is 5.32 Å². The van der Waals surface area contributed by atoms with Crippen molar-refractivity contribution in [3.63, 3.8) is 0 Å². The Bertz CT molecular complexity index is 1060. The first-order valence-corrected chi connectivity index (χ1v) is 8.09. The van der Waals surface area contributed by atoms with E-state index in [-0.39, 0.29) is 5.91 Å². The van der Waals surface area contributed by atoms with Gasteiger partial charge in [-0.3, -0.25) is 9.78 Å². The van der Waals surface area contributed by atoms with E-state index in [0.29, 0.717) is 17.0 Å². The van der Waals surface area contributed by atoms with Crippen molar-refractivity contribution in [1.29, 1.82) is 0 Å². The van der Waals surface area contributed by atoms with Gasteiger partial charge in [-0.25, -0.2) is 4.98 Å². The molecule has 0 aliphatic carbocycles. The Morgan fingerprint density at radius 1 is 1.00 bits per heavy atom. The third-order valence-corrected chi connectivity index (χ3v) is 3.99. The first-order valence-electron chi connectivity index (χ1n) is 8.09. The van der Waals surface area contributed by atoms with E-state index in [0.717, 1.165) is 16.8 Å². The van der Waals surface area contributed by atoms with Crippen LogP contribution < -0.4 is 10.1 Å². The minimum Gasteiger partial charge on any atom is -0.457 e. The third-order valence-electron chi connectivity index (χ3n) is 3.99. The van der Waals surface area contributed by atoms with E-state index in [4.69, 9.17) is 4.74 Å². The maximum atomic E-state index is 12.1. The summed E-state index contributed by atoms with van der Waals surface area (Å²) < 4.78 is 7.84. The number of rotatable bonds is 4. The van der Waals surface area contributed by atoms with Crippen LogP contribution in [-0.4, -0.2) is 20.4 Å². The molecule has 0 unspecified atom stereocenters. The van der Waals surface area contributed by atoms with Gasteiger partial charge < -0.3 is 14.6 Å². The number of ether oxygens (including phenoxy) is 1. The molecule has 0 fully saturated rings. The lowest BCUT2D eigenvalue weighted by Gasteiger charge is -2.08. The van der Waals surface area contributed by atoms with Crippen molar-refractivity contribution in [2.24, 2.45) is 7.05 Å². The highest BCUT2D eigenvalue weighted by molar-refractivity contribution is 6.04. The zero-order chi connectivity index (χ0) is 17.9. The van der Waals surface area contributed by atoms with Gasteiger partial charge in [0.15, 0.2) is 0 Å². The van der Waals surface area contributed by atoms with Crippen LogP contribution in [0.1, 0.15) is 10.4 Å². The molecule has 1 N–H and O–H groups in total. The van der Waals surface area contributed by atoms with Crippen molar-refractivity contribution < 1.29 is 9.53 Å². The van der Waals surface area contributed by atoms with Gasteiger partial charge in [0.05, 0.1) is 17.4 Å². The largest absolute Gasteiger partial charge is 0.457 e. The molecule has 0 bridgehead atoms. The van der Waals surface area contributed by atoms with E-state index in [9.17, 15) is 4.79 Å². The average molecular weight is 344 g/mol. The monoisotopic (exact) mass is 344 g/mol. The van der Waals surface area contributed by atoms with Crippen LogP contribution in [0.25, 0.3) is 11.0 Å². The molecule has 128 valence electrons. The summed E-state index contributed by atoms with van der Waals surface area (Å²) >= 11 is 0. The normalized spacial score (nSPS) is 10.7. The lowest BCUT2D eigenvalue weighted by Crippen LogP contribution is -2.11. The van der Waals surface area contributed by atoms with E-state index in [1.165, 1.54) is 0 Å². The van der Waals surface area contributed by atoms with E-state index in [1.807, 2.05) is 41.9 Å². The Kier molecular flexibility index (Phi) is 4.07. The molecule has 0 aliphatic heterocycles. The van der Waals surface area contributed by atoms with Gasteiger partial charge in [-0.2, -0.15) is 0 Å². The van der Waals surface area contributed by atoms with Crippen molar-refractivity contribution in [2.45, 2.75) is 0 Å². The number of hydrogen-bond donors (Lipinski definition) is 1. The van der Waals surface area contributed by atoms with Gasteiger partial charge in [0.2, 0.25) is 0 Å². The van der Waals surface area contributed by atoms with Gasteiger partial charge in [0.1, 0.15) is 11.5 Å². The van der Waals surface area contributed by atoms with Crippen molar-refractivity contribution >= 4 is 22.6 Å². The molecule has 4 rings (SSSR count). The molecule has 1 amide bonds. The Morgan fingerprint density at radius 2 is 1.73 bits per heavy atom. The van der Waals surface area contributed by atoms with Gasteiger partial charge in [-0.05, 0) is 48.5 Å². The number of benzene rings is 2. The summed E-state index contributed by atoms with van der Waals surface area (Å²) in [6.45, 7) is 0. The fourth-order valence-corrected chi connectivity index (χ4v) is 2.62. The lowest BCUT2D eigenvalue weighted by atomic mass is 10.2. The third kappa shape index (κ3) is 3.25. The maximum absolute atomic E-state index is 12.1. The SMILES string of the molecule is Cn1cnc2ccc(Oc3ccc(NC(=O)c4ccncc4)cc3)cc21. The number of anilines is 1. The maximum Gasteiger partial charge on any atom is 0.255 e. The fraction of sp³-hybridized carbons (Fsp3) is 0.0500. The number of hydrogen-bond acceptors (Lipinski definition) is 4. The number of fused-ring (bicyclic) bond motifs is 1. The summed E-state index contributed by atoms with van der Waals surface area (Å²) in [5.41, 5.74) is 3.18. The Morgan fingerprint density at radius 3 is 2.50 bits per heavy atom. The van der Waals surface area contributed by atoms with Crippen molar-refractivity contribution in [3.05, 3.63) is 78.9 Å². The molecule has 2 aromatic heterocycles. The predicted octanol–water partition coefficient (Wildman–Crippen LogP) is 4.01. The second-order valence-electron chi connectivity index (χ2n) is 5.82. The Hall–Kier alpha value is -3.67. The van der Waals surface area contributed by atoms with Crippen LogP contribution in [0, 0.1) is 0 Å². The van der Waals surface area contributed by atoms with Crippen LogP contribution in [0.5, 0.6) is 11.5 Å². The van der Waals surface area contributed by atoms with E-state index < -0.39 is 0 Å². The second-order valence-corrected chi connectivity index (χ2v) is 5.82. The highest BCUT2D eigenvalue weighted by Crippen LogP contribution is 2.26. The Balaban J connectivity index is 1.47. The highest BCUT2D eigenvalue weighted by atomic mass is 16.5. The minimum absolute atomic E-state index is 0.178. The molecule has 0 spiro atoms. The number of carbonyl (C=O) groups excluding carboxylic acids is 1. The first-order chi connectivity index (χ1) is 12.7. The number of nitrogens with one attached hydrogen (secondary N) is 1.